The first-order chi connectivity index (χ1) is 24.6. The number of epoxide rings is 1. The van der Waals surface area contributed by atoms with Crippen molar-refractivity contribution in [3.63, 3.8) is 0 Å². The summed E-state index contributed by atoms with van der Waals surface area (Å²) in [5.74, 6) is -1.00. The lowest BCUT2D eigenvalue weighted by molar-refractivity contribution is -0.187. The van der Waals surface area contributed by atoms with Crippen LogP contribution in [0.2, 0.25) is 5.02 Å². The van der Waals surface area contributed by atoms with Crippen molar-refractivity contribution in [2.45, 2.75) is 89.0 Å². The second kappa shape index (κ2) is 14.5. The number of hydrogen-bond acceptors (Lipinski definition) is 10. The van der Waals surface area contributed by atoms with Gasteiger partial charge in [-0.25, -0.2) is 9.78 Å². The van der Waals surface area contributed by atoms with E-state index in [1.165, 1.54) is 12.0 Å². The second-order valence-corrected chi connectivity index (χ2v) is 14.8. The predicted octanol–water partition coefficient (Wildman–Crippen LogP) is 6.05. The van der Waals surface area contributed by atoms with Crippen molar-refractivity contribution < 1.29 is 38.4 Å². The fraction of sp³-hybridized carbons (Fsp3) is 0.436. The van der Waals surface area contributed by atoms with E-state index in [0.717, 1.165) is 22.1 Å². The molecule has 52 heavy (non-hydrogen) atoms. The van der Waals surface area contributed by atoms with E-state index in [-0.39, 0.29) is 25.2 Å². The Bertz CT molecular complexity index is 1970. The first kappa shape index (κ1) is 37.3. The number of rotatable bonds is 3. The number of halogens is 1. The van der Waals surface area contributed by atoms with Crippen LogP contribution in [-0.4, -0.2) is 77.8 Å². The molecule has 2 fully saturated rings. The fourth-order valence-corrected chi connectivity index (χ4v) is 7.63. The third-order valence-electron chi connectivity index (χ3n) is 10.4. The number of pyridine rings is 1. The molecule has 3 aliphatic heterocycles. The highest BCUT2D eigenvalue weighted by Gasteiger charge is 2.64. The van der Waals surface area contributed by atoms with Gasteiger partial charge in [-0.1, -0.05) is 48.4 Å². The second-order valence-electron chi connectivity index (χ2n) is 14.4. The minimum Gasteiger partial charge on any atom is -0.462 e. The quantitative estimate of drug-likeness (QED) is 0.213. The molecule has 2 saturated heterocycles. The van der Waals surface area contributed by atoms with Crippen LogP contribution in [0, 0.1) is 12.8 Å². The molecule has 12 nitrogen and oxygen atoms in total. The number of aliphatic hydroxyl groups is 1. The molecule has 2 amide bonds. The van der Waals surface area contributed by atoms with Crippen LogP contribution < -0.4 is 16.0 Å². The van der Waals surface area contributed by atoms with E-state index in [1.807, 2.05) is 45.1 Å². The van der Waals surface area contributed by atoms with Crippen LogP contribution in [0.3, 0.4) is 0 Å². The molecule has 0 unspecified atom stereocenters. The number of aryl methyl sites for hydroxylation is 1. The number of nitrogens with two attached hydrogens (primary N) is 1. The van der Waals surface area contributed by atoms with Gasteiger partial charge in [-0.05, 0) is 74.7 Å². The molecule has 276 valence electrons. The number of anilines is 3. The molecular formula is C39H45ClN4O8. The number of nitrogens with one attached hydrogen (secondary N) is 1. The van der Waals surface area contributed by atoms with Gasteiger partial charge in [0, 0.05) is 37.6 Å². The molecule has 4 N–H and O–H groups in total. The Labute approximate surface area is 307 Å². The largest absolute Gasteiger partial charge is 0.462 e. The number of hydrogen-bond donors (Lipinski definition) is 3. The van der Waals surface area contributed by atoms with E-state index in [0.29, 0.717) is 34.2 Å². The number of ether oxygens (including phenoxy) is 4. The minimum atomic E-state index is -1.55. The smallest absolute Gasteiger partial charge is 0.412 e. The lowest BCUT2D eigenvalue weighted by Crippen LogP contribution is -2.53. The van der Waals surface area contributed by atoms with E-state index >= 15 is 0 Å². The number of amides is 2. The molecule has 0 saturated carbocycles. The van der Waals surface area contributed by atoms with Crippen LogP contribution in [0.15, 0.2) is 66.3 Å². The molecular weight excluding hydrogens is 688 g/mol. The molecule has 3 aromatic rings. The standard InChI is InChI=1S/C39H45ClN4O8/c1-21-8-7-9-30(49-6)39(48)19-29(50-34(46)20-39)23(3)36-38(4,52-36)31(18-33(45)44(5)28-16-24(14-21)15-22(2)35(28)40)51-37(47)42-26-11-12-27-25(17-26)10-13-32(41)43-27/h7-13,15-17,23,29-31,36,48H,14,18-20H2,1-6H3,(H2,41,43)(H,42,47)/b9-7+,21-8+/t23-,29+,30-,31+,36+,38+,39-/m1/s1. The van der Waals surface area contributed by atoms with Crippen LogP contribution in [-0.2, 0) is 35.0 Å². The zero-order chi connectivity index (χ0) is 37.5. The van der Waals surface area contributed by atoms with E-state index in [1.54, 1.807) is 50.4 Å². The van der Waals surface area contributed by atoms with Crippen molar-refractivity contribution in [1.29, 1.82) is 0 Å². The third kappa shape index (κ3) is 7.66. The minimum absolute atomic E-state index is 0.0845. The number of fused-ring (bicyclic) bond motifs is 6. The van der Waals surface area contributed by atoms with Crippen molar-refractivity contribution >= 4 is 57.7 Å². The van der Waals surface area contributed by atoms with Crippen molar-refractivity contribution in [2.75, 3.05) is 30.1 Å². The molecule has 0 spiro atoms. The number of esters is 1. The zero-order valence-electron chi connectivity index (χ0n) is 30.1. The average Bonchev–Trinajstić information content (AvgIpc) is 3.78. The van der Waals surface area contributed by atoms with Gasteiger partial charge in [0.1, 0.15) is 35.3 Å². The highest BCUT2D eigenvalue weighted by atomic mass is 35.5. The number of nitrogens with zero attached hydrogens (tertiary/aromatic N) is 2. The molecule has 4 bridgehead atoms. The van der Waals surface area contributed by atoms with Gasteiger partial charge >= 0.3 is 12.1 Å². The van der Waals surface area contributed by atoms with Gasteiger partial charge in [0.15, 0.2) is 0 Å². The first-order valence-electron chi connectivity index (χ1n) is 17.3. The molecule has 0 radical (unpaired) electrons. The van der Waals surface area contributed by atoms with Crippen LogP contribution in [0.25, 0.3) is 10.9 Å². The lowest BCUT2D eigenvalue weighted by Gasteiger charge is -2.41. The molecule has 1 aromatic heterocycles. The highest BCUT2D eigenvalue weighted by molar-refractivity contribution is 6.34. The number of allylic oxidation sites excluding steroid dienone is 3. The molecule has 3 aliphatic rings. The summed E-state index contributed by atoms with van der Waals surface area (Å²) in [7, 11) is 3.12. The SMILES string of the molecule is CO[C@@H]1/C=C/C=C(\C)Cc2cc(C)c(Cl)c(c2)N(C)C(=O)C[C@H](OC(=O)Nc2ccc3nc(N)ccc3c2)[C@]2(C)O[C@H]2[C@H](C)[C@@H]2C[C@@]1(O)CC(=O)O2. The summed E-state index contributed by atoms with van der Waals surface area (Å²) >= 11 is 6.78. The Balaban J connectivity index is 1.35. The van der Waals surface area contributed by atoms with Crippen molar-refractivity contribution in [1.82, 2.24) is 4.98 Å². The number of benzene rings is 2. The monoisotopic (exact) mass is 732 g/mol. The number of aromatic nitrogens is 1. The molecule has 4 heterocycles. The van der Waals surface area contributed by atoms with Crippen molar-refractivity contribution in [3.05, 3.63) is 82.4 Å². The maximum absolute atomic E-state index is 14.1. The molecule has 7 atom stereocenters. The lowest BCUT2D eigenvalue weighted by atomic mass is 9.78. The van der Waals surface area contributed by atoms with E-state index in [2.05, 4.69) is 10.3 Å². The Morgan fingerprint density at radius 3 is 2.69 bits per heavy atom. The number of carbonyl (C=O) groups excluding carboxylic acids is 3. The number of nitrogen functional groups attached to an aromatic ring is 1. The molecule has 0 aliphatic carbocycles. The predicted molar refractivity (Wildman–Crippen MR) is 198 cm³/mol. The Morgan fingerprint density at radius 1 is 1.17 bits per heavy atom. The summed E-state index contributed by atoms with van der Waals surface area (Å²) in [6.07, 6.45) is 1.61. The van der Waals surface area contributed by atoms with E-state index in [4.69, 9.17) is 36.3 Å². The third-order valence-corrected chi connectivity index (χ3v) is 10.9. The average molecular weight is 733 g/mol. The summed E-state index contributed by atoms with van der Waals surface area (Å²) in [5.41, 5.74) is 7.49. The van der Waals surface area contributed by atoms with E-state index in [9.17, 15) is 19.5 Å². The van der Waals surface area contributed by atoms with Gasteiger partial charge in [0.25, 0.3) is 0 Å². The van der Waals surface area contributed by atoms with Gasteiger partial charge in [-0.3, -0.25) is 14.9 Å². The first-order valence-corrected chi connectivity index (χ1v) is 17.6. The summed E-state index contributed by atoms with van der Waals surface area (Å²) in [6, 6.07) is 12.5. The summed E-state index contributed by atoms with van der Waals surface area (Å²) in [5, 5.41) is 15.8. The Kier molecular flexibility index (Phi) is 10.4. The summed E-state index contributed by atoms with van der Waals surface area (Å²) in [6.45, 7) is 7.47. The highest BCUT2D eigenvalue weighted by Crippen LogP contribution is 2.49. The zero-order valence-corrected chi connectivity index (χ0v) is 30.9. The van der Waals surface area contributed by atoms with Gasteiger partial charge in [0.05, 0.1) is 35.2 Å². The fourth-order valence-electron chi connectivity index (χ4n) is 7.39. The topological polar surface area (TPSA) is 166 Å². The van der Waals surface area contributed by atoms with Gasteiger partial charge in [-0.2, -0.15) is 0 Å². The maximum atomic E-state index is 14.1. The van der Waals surface area contributed by atoms with Crippen molar-refractivity contribution in [2.24, 2.45) is 5.92 Å². The molecule has 13 heteroatoms. The summed E-state index contributed by atoms with van der Waals surface area (Å²) in [4.78, 5) is 46.3. The van der Waals surface area contributed by atoms with E-state index < -0.39 is 53.6 Å². The van der Waals surface area contributed by atoms with Gasteiger partial charge < -0.3 is 34.7 Å². The van der Waals surface area contributed by atoms with Crippen molar-refractivity contribution in [3.8, 4) is 0 Å². The summed E-state index contributed by atoms with van der Waals surface area (Å²) < 4.78 is 23.8. The normalized spacial score (nSPS) is 31.2. The van der Waals surface area contributed by atoms with Crippen LogP contribution in [0.5, 0.6) is 0 Å². The number of carbonyl (C=O) groups is 3. The van der Waals surface area contributed by atoms with Crippen LogP contribution in [0.1, 0.15) is 51.2 Å². The molecule has 2 aromatic carbocycles. The van der Waals surface area contributed by atoms with Gasteiger partial charge in [0.2, 0.25) is 5.91 Å². The Hall–Kier alpha value is -4.49. The maximum Gasteiger partial charge on any atom is 0.412 e. The number of methoxy groups -OCH3 is 1. The Morgan fingerprint density at radius 2 is 1.94 bits per heavy atom. The van der Waals surface area contributed by atoms with Crippen LogP contribution >= 0.6 is 11.6 Å². The molecule has 6 rings (SSSR count). The van der Waals surface area contributed by atoms with Gasteiger partial charge in [-0.15, -0.1) is 0 Å². The van der Waals surface area contributed by atoms with Crippen LogP contribution in [0.4, 0.5) is 22.0 Å².